The number of hydrogen-bond donors (Lipinski definition) is 2. The van der Waals surface area contributed by atoms with Gasteiger partial charge in [-0.2, -0.15) is 5.10 Å². The standard InChI is InChI=1S/C16H22N4O2/c1-13(14-6-3-4-7-15(14)22-2)19-16(21)12-17-9-11-20-10-5-8-18-20/h3-8,10,13,17H,9,11-12H2,1-2H3,(H,19,21)/t13-/m0/s1. The van der Waals surface area contributed by atoms with Gasteiger partial charge in [0.05, 0.1) is 26.2 Å². The maximum absolute atomic E-state index is 12.0. The average Bonchev–Trinajstić information content (AvgIpc) is 3.04. The minimum absolute atomic E-state index is 0.0427. The topological polar surface area (TPSA) is 68.2 Å². The third kappa shape index (κ3) is 4.60. The van der Waals surface area contributed by atoms with Crippen LogP contribution in [-0.4, -0.2) is 35.9 Å². The van der Waals surface area contributed by atoms with Crippen LogP contribution in [0.5, 0.6) is 5.75 Å². The summed E-state index contributed by atoms with van der Waals surface area (Å²) in [6.07, 6.45) is 3.63. The number of nitrogens with zero attached hydrogens (tertiary/aromatic N) is 2. The van der Waals surface area contributed by atoms with Gasteiger partial charge in [-0.05, 0) is 19.1 Å². The summed E-state index contributed by atoms with van der Waals surface area (Å²) in [6.45, 7) is 3.65. The van der Waals surface area contributed by atoms with Crippen molar-refractivity contribution in [2.24, 2.45) is 0 Å². The number of rotatable bonds is 8. The molecule has 1 amide bonds. The highest BCUT2D eigenvalue weighted by atomic mass is 16.5. The first-order chi connectivity index (χ1) is 10.7. The number of aromatic nitrogens is 2. The highest BCUT2D eigenvalue weighted by molar-refractivity contribution is 5.78. The smallest absolute Gasteiger partial charge is 0.234 e. The highest BCUT2D eigenvalue weighted by Gasteiger charge is 2.13. The van der Waals surface area contributed by atoms with E-state index in [4.69, 9.17) is 4.74 Å². The summed E-state index contributed by atoms with van der Waals surface area (Å²) < 4.78 is 7.13. The third-order valence-corrected chi connectivity index (χ3v) is 3.35. The lowest BCUT2D eigenvalue weighted by Crippen LogP contribution is -2.36. The molecule has 0 aliphatic carbocycles. The number of carbonyl (C=O) groups is 1. The first-order valence-electron chi connectivity index (χ1n) is 7.31. The van der Waals surface area contributed by atoms with Crippen molar-refractivity contribution in [3.05, 3.63) is 48.3 Å². The van der Waals surface area contributed by atoms with Gasteiger partial charge in [0, 0.05) is 24.5 Å². The van der Waals surface area contributed by atoms with Gasteiger partial charge < -0.3 is 15.4 Å². The third-order valence-electron chi connectivity index (χ3n) is 3.35. The van der Waals surface area contributed by atoms with Crippen molar-refractivity contribution in [2.45, 2.75) is 19.5 Å². The Hall–Kier alpha value is -2.34. The Balaban J connectivity index is 1.74. The molecule has 1 atom stereocenters. The van der Waals surface area contributed by atoms with E-state index in [-0.39, 0.29) is 18.5 Å². The normalized spacial score (nSPS) is 11.9. The first-order valence-corrected chi connectivity index (χ1v) is 7.31. The van der Waals surface area contributed by atoms with Crippen molar-refractivity contribution >= 4 is 5.91 Å². The van der Waals surface area contributed by atoms with E-state index in [1.165, 1.54) is 0 Å². The van der Waals surface area contributed by atoms with Gasteiger partial charge in [0.2, 0.25) is 5.91 Å². The van der Waals surface area contributed by atoms with Gasteiger partial charge in [-0.15, -0.1) is 0 Å². The van der Waals surface area contributed by atoms with Crippen molar-refractivity contribution in [3.8, 4) is 5.75 Å². The monoisotopic (exact) mass is 302 g/mol. The molecule has 2 N–H and O–H groups in total. The summed E-state index contributed by atoms with van der Waals surface area (Å²) in [5, 5.41) is 10.2. The molecular formula is C16H22N4O2. The van der Waals surface area contributed by atoms with Crippen LogP contribution in [0.2, 0.25) is 0 Å². The Kier molecular flexibility index (Phi) is 5.97. The quantitative estimate of drug-likeness (QED) is 0.723. The number of nitrogens with one attached hydrogen (secondary N) is 2. The fourth-order valence-corrected chi connectivity index (χ4v) is 2.22. The molecule has 2 aromatic rings. The van der Waals surface area contributed by atoms with Crippen LogP contribution in [0.15, 0.2) is 42.7 Å². The van der Waals surface area contributed by atoms with Crippen LogP contribution in [-0.2, 0) is 11.3 Å². The molecule has 1 aromatic heterocycles. The minimum atomic E-state index is -0.100. The second-order valence-corrected chi connectivity index (χ2v) is 4.98. The summed E-state index contributed by atoms with van der Waals surface area (Å²) in [4.78, 5) is 12.0. The molecule has 118 valence electrons. The molecule has 6 nitrogen and oxygen atoms in total. The number of carbonyl (C=O) groups excluding carboxylic acids is 1. The molecule has 0 spiro atoms. The number of para-hydroxylation sites is 1. The summed E-state index contributed by atoms with van der Waals surface area (Å²) in [6, 6.07) is 9.46. The van der Waals surface area contributed by atoms with Gasteiger partial charge in [0.1, 0.15) is 5.75 Å². The predicted octanol–water partition coefficient (Wildman–Crippen LogP) is 1.36. The van der Waals surface area contributed by atoms with Crippen molar-refractivity contribution in [1.29, 1.82) is 0 Å². The molecule has 1 heterocycles. The number of methoxy groups -OCH3 is 1. The zero-order valence-electron chi connectivity index (χ0n) is 13.0. The van der Waals surface area contributed by atoms with E-state index >= 15 is 0 Å². The lowest BCUT2D eigenvalue weighted by molar-refractivity contribution is -0.120. The van der Waals surface area contributed by atoms with Crippen LogP contribution < -0.4 is 15.4 Å². The molecular weight excluding hydrogens is 280 g/mol. The molecule has 0 saturated carbocycles. The number of hydrogen-bond acceptors (Lipinski definition) is 4. The minimum Gasteiger partial charge on any atom is -0.496 e. The maximum Gasteiger partial charge on any atom is 0.234 e. The van der Waals surface area contributed by atoms with Crippen LogP contribution in [0, 0.1) is 0 Å². The second-order valence-electron chi connectivity index (χ2n) is 4.98. The van der Waals surface area contributed by atoms with E-state index in [0.29, 0.717) is 6.54 Å². The summed E-state index contributed by atoms with van der Waals surface area (Å²) in [7, 11) is 1.63. The number of ether oxygens (including phenoxy) is 1. The van der Waals surface area contributed by atoms with E-state index in [9.17, 15) is 4.79 Å². The molecule has 0 aliphatic rings. The van der Waals surface area contributed by atoms with Crippen LogP contribution >= 0.6 is 0 Å². The fourth-order valence-electron chi connectivity index (χ4n) is 2.22. The molecule has 0 aliphatic heterocycles. The highest BCUT2D eigenvalue weighted by Crippen LogP contribution is 2.23. The number of amides is 1. The summed E-state index contributed by atoms with van der Waals surface area (Å²) >= 11 is 0. The van der Waals surface area contributed by atoms with E-state index in [1.54, 1.807) is 13.3 Å². The Morgan fingerprint density at radius 1 is 1.36 bits per heavy atom. The molecule has 0 fully saturated rings. The second kappa shape index (κ2) is 8.19. The van der Waals surface area contributed by atoms with Crippen LogP contribution in [0.4, 0.5) is 0 Å². The lowest BCUT2D eigenvalue weighted by atomic mass is 10.1. The number of benzene rings is 1. The maximum atomic E-state index is 12.0. The Labute approximate surface area is 130 Å². The van der Waals surface area contributed by atoms with Gasteiger partial charge in [-0.25, -0.2) is 0 Å². The van der Waals surface area contributed by atoms with Gasteiger partial charge >= 0.3 is 0 Å². The van der Waals surface area contributed by atoms with Crippen LogP contribution in [0.25, 0.3) is 0 Å². The Morgan fingerprint density at radius 2 is 2.18 bits per heavy atom. The Bertz CT molecular complexity index is 584. The van der Waals surface area contributed by atoms with Crippen molar-refractivity contribution in [2.75, 3.05) is 20.2 Å². The van der Waals surface area contributed by atoms with E-state index in [1.807, 2.05) is 48.1 Å². The summed E-state index contributed by atoms with van der Waals surface area (Å²) in [5.74, 6) is 0.737. The molecule has 22 heavy (non-hydrogen) atoms. The zero-order valence-corrected chi connectivity index (χ0v) is 13.0. The van der Waals surface area contributed by atoms with E-state index < -0.39 is 0 Å². The molecule has 0 saturated heterocycles. The van der Waals surface area contributed by atoms with E-state index in [2.05, 4.69) is 15.7 Å². The summed E-state index contributed by atoms with van der Waals surface area (Å²) in [5.41, 5.74) is 0.967. The van der Waals surface area contributed by atoms with Gasteiger partial charge in [-0.3, -0.25) is 9.48 Å². The van der Waals surface area contributed by atoms with Crippen molar-refractivity contribution in [3.63, 3.8) is 0 Å². The van der Waals surface area contributed by atoms with Gasteiger partial charge in [0.25, 0.3) is 0 Å². The molecule has 0 bridgehead atoms. The fraction of sp³-hybridized carbons (Fsp3) is 0.375. The first kappa shape index (κ1) is 16.0. The van der Waals surface area contributed by atoms with Crippen molar-refractivity contribution < 1.29 is 9.53 Å². The SMILES string of the molecule is COc1ccccc1[C@H](C)NC(=O)CNCCn1cccn1. The molecule has 6 heteroatoms. The lowest BCUT2D eigenvalue weighted by Gasteiger charge is -2.17. The molecule has 0 unspecified atom stereocenters. The van der Waals surface area contributed by atoms with E-state index in [0.717, 1.165) is 17.9 Å². The molecule has 1 aromatic carbocycles. The largest absolute Gasteiger partial charge is 0.496 e. The van der Waals surface area contributed by atoms with Gasteiger partial charge in [0.15, 0.2) is 0 Å². The van der Waals surface area contributed by atoms with Crippen LogP contribution in [0.3, 0.4) is 0 Å². The molecule has 2 rings (SSSR count). The Morgan fingerprint density at radius 3 is 2.91 bits per heavy atom. The average molecular weight is 302 g/mol. The van der Waals surface area contributed by atoms with Crippen molar-refractivity contribution in [1.82, 2.24) is 20.4 Å². The predicted molar refractivity (Wildman–Crippen MR) is 84.6 cm³/mol. The van der Waals surface area contributed by atoms with Gasteiger partial charge in [-0.1, -0.05) is 18.2 Å². The molecule has 0 radical (unpaired) electrons. The zero-order chi connectivity index (χ0) is 15.8. The van der Waals surface area contributed by atoms with Crippen LogP contribution in [0.1, 0.15) is 18.5 Å².